The predicted molar refractivity (Wildman–Crippen MR) is 88.5 cm³/mol. The van der Waals surface area contributed by atoms with Crippen molar-refractivity contribution in [1.82, 2.24) is 0 Å². The van der Waals surface area contributed by atoms with Gasteiger partial charge in [-0.15, -0.1) is 12.6 Å². The summed E-state index contributed by atoms with van der Waals surface area (Å²) in [5.74, 6) is -0.216. The van der Waals surface area contributed by atoms with Crippen LogP contribution >= 0.6 is 56.1 Å². The summed E-state index contributed by atoms with van der Waals surface area (Å²) in [6.45, 7) is 0. The molecule has 0 aromatic heterocycles. The normalized spacial score (nSPS) is 10.3. The predicted octanol–water partition coefficient (Wildman–Crippen LogP) is 5.41. The number of hydrogen-bond acceptors (Lipinski definition) is 2. The lowest BCUT2D eigenvalue weighted by molar-refractivity contribution is 0.102. The van der Waals surface area contributed by atoms with Crippen molar-refractivity contribution < 1.29 is 4.79 Å². The minimum Gasteiger partial charge on any atom is -0.322 e. The Hall–Kier alpha value is -0.490. The molecule has 2 aromatic carbocycles. The van der Waals surface area contributed by atoms with E-state index in [0.29, 0.717) is 21.2 Å². The van der Waals surface area contributed by atoms with Crippen molar-refractivity contribution >= 4 is 67.7 Å². The molecule has 1 amide bonds. The number of nitrogens with one attached hydrogen (secondary N) is 1. The summed E-state index contributed by atoms with van der Waals surface area (Å²) in [7, 11) is 0. The molecular weight excluding hydrogens is 413 g/mol. The Labute approximate surface area is 138 Å². The van der Waals surface area contributed by atoms with Crippen LogP contribution in [-0.4, -0.2) is 5.91 Å². The van der Waals surface area contributed by atoms with Crippen molar-refractivity contribution in [3.8, 4) is 0 Å². The number of carbonyl (C=O) groups excluding carboxylic acids is 1. The van der Waals surface area contributed by atoms with Gasteiger partial charge >= 0.3 is 0 Å². The Morgan fingerprint density at radius 3 is 2.53 bits per heavy atom. The van der Waals surface area contributed by atoms with Crippen LogP contribution in [0.3, 0.4) is 0 Å². The maximum atomic E-state index is 12.1. The van der Waals surface area contributed by atoms with Crippen molar-refractivity contribution in [3.63, 3.8) is 0 Å². The second kappa shape index (κ2) is 6.31. The van der Waals surface area contributed by atoms with Crippen LogP contribution in [0.4, 0.5) is 5.69 Å². The Kier molecular flexibility index (Phi) is 4.95. The van der Waals surface area contributed by atoms with E-state index in [1.807, 2.05) is 0 Å². The van der Waals surface area contributed by atoms with E-state index in [4.69, 9.17) is 11.6 Å². The maximum absolute atomic E-state index is 12.1. The third-order valence-electron chi connectivity index (χ3n) is 2.38. The lowest BCUT2D eigenvalue weighted by Crippen LogP contribution is -2.12. The average Bonchev–Trinajstić information content (AvgIpc) is 2.33. The number of hydrogen-bond donors (Lipinski definition) is 2. The topological polar surface area (TPSA) is 29.1 Å². The van der Waals surface area contributed by atoms with Crippen LogP contribution in [0.1, 0.15) is 10.4 Å². The molecule has 0 aliphatic carbocycles. The first kappa shape index (κ1) is 14.9. The monoisotopic (exact) mass is 419 g/mol. The quantitative estimate of drug-likeness (QED) is 0.624. The number of anilines is 1. The van der Waals surface area contributed by atoms with Crippen molar-refractivity contribution in [2.75, 3.05) is 5.32 Å². The maximum Gasteiger partial charge on any atom is 0.256 e. The molecule has 0 radical (unpaired) electrons. The van der Waals surface area contributed by atoms with Gasteiger partial charge in [0.05, 0.1) is 10.6 Å². The molecule has 2 nitrogen and oxygen atoms in total. The fourth-order valence-electron chi connectivity index (χ4n) is 1.47. The van der Waals surface area contributed by atoms with Crippen LogP contribution in [0.2, 0.25) is 5.02 Å². The van der Waals surface area contributed by atoms with Gasteiger partial charge in [-0.2, -0.15) is 0 Å². The number of carbonyl (C=O) groups is 1. The van der Waals surface area contributed by atoms with Gasteiger partial charge in [-0.1, -0.05) is 27.5 Å². The summed E-state index contributed by atoms with van der Waals surface area (Å²) in [5, 5.41) is 3.39. The van der Waals surface area contributed by atoms with Gasteiger partial charge in [0.25, 0.3) is 5.91 Å². The summed E-state index contributed by atoms with van der Waals surface area (Å²) in [4.78, 5) is 12.7. The van der Waals surface area contributed by atoms with Crippen molar-refractivity contribution in [2.45, 2.75) is 4.90 Å². The molecule has 0 fully saturated rings. The van der Waals surface area contributed by atoms with Crippen LogP contribution < -0.4 is 5.32 Å². The van der Waals surface area contributed by atoms with Gasteiger partial charge < -0.3 is 5.32 Å². The molecule has 6 heteroatoms. The molecule has 0 bridgehead atoms. The molecule has 0 spiro atoms. The first-order chi connectivity index (χ1) is 8.97. The van der Waals surface area contributed by atoms with Crippen LogP contribution in [0, 0.1) is 0 Å². The SMILES string of the molecule is O=C(Nc1ccc(Cl)c(Br)c1)c1ccc(Br)cc1S. The molecule has 0 saturated heterocycles. The molecule has 98 valence electrons. The molecule has 0 saturated carbocycles. The molecule has 2 rings (SSSR count). The van der Waals surface area contributed by atoms with Crippen molar-refractivity contribution in [3.05, 3.63) is 55.9 Å². The zero-order valence-corrected chi connectivity index (χ0v) is 14.3. The Morgan fingerprint density at radius 2 is 1.89 bits per heavy atom. The van der Waals surface area contributed by atoms with Crippen LogP contribution in [0.25, 0.3) is 0 Å². The van der Waals surface area contributed by atoms with Gasteiger partial charge in [-0.05, 0) is 52.3 Å². The van der Waals surface area contributed by atoms with Gasteiger partial charge in [0.15, 0.2) is 0 Å². The van der Waals surface area contributed by atoms with Gasteiger partial charge in [0.1, 0.15) is 0 Å². The van der Waals surface area contributed by atoms with E-state index >= 15 is 0 Å². The summed E-state index contributed by atoms with van der Waals surface area (Å²) in [6, 6.07) is 10.5. The van der Waals surface area contributed by atoms with Crippen molar-refractivity contribution in [2.24, 2.45) is 0 Å². The largest absolute Gasteiger partial charge is 0.322 e. The Bertz CT molecular complexity index is 649. The van der Waals surface area contributed by atoms with E-state index < -0.39 is 0 Å². The van der Waals surface area contributed by atoms with Gasteiger partial charge in [-0.3, -0.25) is 4.79 Å². The summed E-state index contributed by atoms with van der Waals surface area (Å²) < 4.78 is 1.61. The fourth-order valence-corrected chi connectivity index (χ4v) is 2.82. The van der Waals surface area contributed by atoms with Gasteiger partial charge in [0, 0.05) is 19.5 Å². The minimum absolute atomic E-state index is 0.216. The van der Waals surface area contributed by atoms with Crippen LogP contribution in [0.5, 0.6) is 0 Å². The molecule has 0 heterocycles. The second-order valence-electron chi connectivity index (χ2n) is 3.74. The molecule has 0 atom stereocenters. The molecule has 0 aliphatic heterocycles. The van der Waals surface area contributed by atoms with E-state index in [1.165, 1.54) is 0 Å². The molecule has 1 N–H and O–H groups in total. The Morgan fingerprint density at radius 1 is 1.16 bits per heavy atom. The van der Waals surface area contributed by atoms with E-state index in [9.17, 15) is 4.79 Å². The summed E-state index contributed by atoms with van der Waals surface area (Å²) in [5.41, 5.74) is 1.18. The molecule has 0 aliphatic rings. The first-order valence-electron chi connectivity index (χ1n) is 5.22. The highest BCUT2D eigenvalue weighted by atomic mass is 79.9. The van der Waals surface area contributed by atoms with Gasteiger partial charge in [-0.25, -0.2) is 0 Å². The standard InChI is InChI=1S/C13H8Br2ClNOS/c14-7-1-3-9(12(19)5-7)13(18)17-8-2-4-11(16)10(15)6-8/h1-6,19H,(H,17,18). The third kappa shape index (κ3) is 3.75. The fraction of sp³-hybridized carbons (Fsp3) is 0. The molecule has 2 aromatic rings. The van der Waals surface area contributed by atoms with E-state index in [1.54, 1.807) is 36.4 Å². The smallest absolute Gasteiger partial charge is 0.256 e. The van der Waals surface area contributed by atoms with E-state index in [-0.39, 0.29) is 5.91 Å². The zero-order valence-electron chi connectivity index (χ0n) is 9.45. The lowest BCUT2D eigenvalue weighted by atomic mass is 10.2. The molecular formula is C13H8Br2ClNOS. The first-order valence-corrected chi connectivity index (χ1v) is 7.63. The number of amides is 1. The van der Waals surface area contributed by atoms with E-state index in [2.05, 4.69) is 49.8 Å². The van der Waals surface area contributed by atoms with Crippen molar-refractivity contribution in [1.29, 1.82) is 0 Å². The number of rotatable bonds is 2. The average molecular weight is 422 g/mol. The number of halogens is 3. The summed E-state index contributed by atoms with van der Waals surface area (Å²) >= 11 is 16.8. The van der Waals surface area contributed by atoms with Crippen LogP contribution in [-0.2, 0) is 0 Å². The third-order valence-corrected chi connectivity index (χ3v) is 4.46. The van der Waals surface area contributed by atoms with Gasteiger partial charge in [0.2, 0.25) is 0 Å². The highest BCUT2D eigenvalue weighted by Gasteiger charge is 2.10. The number of benzene rings is 2. The zero-order chi connectivity index (χ0) is 14.0. The second-order valence-corrected chi connectivity index (χ2v) is 6.40. The highest BCUT2D eigenvalue weighted by Crippen LogP contribution is 2.26. The summed E-state index contributed by atoms with van der Waals surface area (Å²) in [6.07, 6.45) is 0. The minimum atomic E-state index is -0.216. The van der Waals surface area contributed by atoms with Crippen LogP contribution in [0.15, 0.2) is 50.2 Å². The number of thiol groups is 1. The Balaban J connectivity index is 2.23. The molecule has 0 unspecified atom stereocenters. The lowest BCUT2D eigenvalue weighted by Gasteiger charge is -2.08. The van der Waals surface area contributed by atoms with E-state index in [0.717, 1.165) is 8.95 Å². The highest BCUT2D eigenvalue weighted by molar-refractivity contribution is 9.10. The molecule has 19 heavy (non-hydrogen) atoms.